The van der Waals surface area contributed by atoms with Crippen molar-refractivity contribution in [2.75, 3.05) is 33.3 Å². The number of benzene rings is 1. The molecule has 8 heteroatoms. The van der Waals surface area contributed by atoms with Gasteiger partial charge in [-0.05, 0) is 50.0 Å². The Morgan fingerprint density at radius 1 is 1.38 bits per heavy atom. The van der Waals surface area contributed by atoms with Crippen molar-refractivity contribution < 1.29 is 17.9 Å². The molecule has 6 nitrogen and oxygen atoms in total. The van der Waals surface area contributed by atoms with Crippen molar-refractivity contribution in [3.8, 4) is 0 Å². The van der Waals surface area contributed by atoms with Gasteiger partial charge in [0.2, 0.25) is 10.0 Å². The Balaban J connectivity index is 2.11. The lowest BCUT2D eigenvalue weighted by atomic mass is 9.98. The van der Waals surface area contributed by atoms with E-state index in [2.05, 4.69) is 17.0 Å². The predicted molar refractivity (Wildman–Crippen MR) is 92.8 cm³/mol. The Labute approximate surface area is 148 Å². The van der Waals surface area contributed by atoms with Gasteiger partial charge in [0.1, 0.15) is 0 Å². The standard InChI is InChI=1S/C16H23ClN2O4S/c1-3-18-11-12-6-8-19(9-7-12)24(21,22)13-4-5-14(15(17)10-13)16(20)23-2/h4-5,10,12,18H,3,6-9,11H2,1-2H3. The number of rotatable bonds is 6. The van der Waals surface area contributed by atoms with Gasteiger partial charge in [0.05, 0.1) is 22.6 Å². The zero-order valence-corrected chi connectivity index (χ0v) is 15.5. The molecule has 1 aliphatic rings. The second kappa shape index (κ2) is 8.29. The van der Waals surface area contributed by atoms with Gasteiger partial charge in [-0.15, -0.1) is 0 Å². The average Bonchev–Trinajstić information content (AvgIpc) is 2.59. The van der Waals surface area contributed by atoms with Gasteiger partial charge >= 0.3 is 5.97 Å². The summed E-state index contributed by atoms with van der Waals surface area (Å²) in [6.45, 7) is 4.89. The highest BCUT2D eigenvalue weighted by molar-refractivity contribution is 7.89. The molecule has 2 rings (SSSR count). The van der Waals surface area contributed by atoms with E-state index in [1.165, 1.54) is 29.6 Å². The van der Waals surface area contributed by atoms with Crippen LogP contribution in [-0.2, 0) is 14.8 Å². The summed E-state index contributed by atoms with van der Waals surface area (Å²) in [5.41, 5.74) is 0.155. The summed E-state index contributed by atoms with van der Waals surface area (Å²) in [5.74, 6) is -0.0881. The van der Waals surface area contributed by atoms with Crippen LogP contribution in [0, 0.1) is 5.92 Å². The van der Waals surface area contributed by atoms with Gasteiger partial charge in [0.25, 0.3) is 0 Å². The third-order valence-corrected chi connectivity index (χ3v) is 6.45. The zero-order valence-electron chi connectivity index (χ0n) is 13.9. The number of halogens is 1. The van der Waals surface area contributed by atoms with Crippen LogP contribution >= 0.6 is 11.6 Å². The van der Waals surface area contributed by atoms with Gasteiger partial charge < -0.3 is 10.1 Å². The van der Waals surface area contributed by atoms with Crippen LogP contribution in [0.25, 0.3) is 0 Å². The number of hydrogen-bond donors (Lipinski definition) is 1. The topological polar surface area (TPSA) is 75.7 Å². The number of nitrogens with one attached hydrogen (secondary N) is 1. The fraction of sp³-hybridized carbons (Fsp3) is 0.562. The number of sulfonamides is 1. The molecule has 1 fully saturated rings. The maximum absolute atomic E-state index is 12.7. The molecule has 0 saturated carbocycles. The van der Waals surface area contributed by atoms with E-state index in [9.17, 15) is 13.2 Å². The van der Waals surface area contributed by atoms with Crippen molar-refractivity contribution in [3.05, 3.63) is 28.8 Å². The van der Waals surface area contributed by atoms with Crippen LogP contribution in [0.3, 0.4) is 0 Å². The summed E-state index contributed by atoms with van der Waals surface area (Å²) in [6, 6.07) is 4.10. The summed E-state index contributed by atoms with van der Waals surface area (Å²) in [7, 11) is -2.35. The lowest BCUT2D eigenvalue weighted by molar-refractivity contribution is 0.0601. The van der Waals surface area contributed by atoms with E-state index in [0.717, 1.165) is 25.9 Å². The van der Waals surface area contributed by atoms with E-state index in [1.54, 1.807) is 0 Å². The van der Waals surface area contributed by atoms with E-state index in [1.807, 2.05) is 0 Å². The SMILES string of the molecule is CCNCC1CCN(S(=O)(=O)c2ccc(C(=O)OC)c(Cl)c2)CC1. The Morgan fingerprint density at radius 2 is 2.04 bits per heavy atom. The minimum Gasteiger partial charge on any atom is -0.465 e. The van der Waals surface area contributed by atoms with Gasteiger partial charge in [0, 0.05) is 13.1 Å². The molecule has 1 aliphatic heterocycles. The fourth-order valence-corrected chi connectivity index (χ4v) is 4.60. The Kier molecular flexibility index (Phi) is 6.62. The lowest BCUT2D eigenvalue weighted by Gasteiger charge is -2.31. The molecule has 0 unspecified atom stereocenters. The molecule has 0 radical (unpaired) electrons. The molecule has 1 heterocycles. The van der Waals surface area contributed by atoms with Crippen LogP contribution < -0.4 is 5.32 Å². The second-order valence-corrected chi connectivity index (χ2v) is 8.13. The highest BCUT2D eigenvalue weighted by Crippen LogP contribution is 2.27. The molecule has 0 atom stereocenters. The van der Waals surface area contributed by atoms with E-state index >= 15 is 0 Å². The summed E-state index contributed by atoms with van der Waals surface area (Å²) in [4.78, 5) is 11.6. The van der Waals surface area contributed by atoms with E-state index in [-0.39, 0.29) is 15.5 Å². The van der Waals surface area contributed by atoms with E-state index < -0.39 is 16.0 Å². The first kappa shape index (κ1) is 19.2. The van der Waals surface area contributed by atoms with Crippen molar-refractivity contribution in [3.63, 3.8) is 0 Å². The molecule has 0 amide bonds. The van der Waals surface area contributed by atoms with Crippen molar-refractivity contribution in [2.24, 2.45) is 5.92 Å². The number of piperidine rings is 1. The maximum atomic E-state index is 12.7. The monoisotopic (exact) mass is 374 g/mol. The molecule has 24 heavy (non-hydrogen) atoms. The highest BCUT2D eigenvalue weighted by Gasteiger charge is 2.30. The quantitative estimate of drug-likeness (QED) is 0.772. The highest BCUT2D eigenvalue weighted by atomic mass is 35.5. The lowest BCUT2D eigenvalue weighted by Crippen LogP contribution is -2.40. The van der Waals surface area contributed by atoms with E-state index in [4.69, 9.17) is 11.6 Å². The summed E-state index contributed by atoms with van der Waals surface area (Å²) >= 11 is 6.04. The van der Waals surface area contributed by atoms with Gasteiger partial charge in [-0.3, -0.25) is 0 Å². The normalized spacial score (nSPS) is 17.0. The summed E-state index contributed by atoms with van der Waals surface area (Å²) < 4.78 is 31.6. The third-order valence-electron chi connectivity index (χ3n) is 4.24. The minimum atomic E-state index is -3.60. The van der Waals surface area contributed by atoms with Crippen LogP contribution in [0.1, 0.15) is 30.1 Å². The molecule has 1 aromatic rings. The first-order valence-electron chi connectivity index (χ1n) is 7.98. The van der Waals surface area contributed by atoms with Gasteiger partial charge in [-0.25, -0.2) is 13.2 Å². The molecular formula is C16H23ClN2O4S. The third kappa shape index (κ3) is 4.27. The van der Waals surface area contributed by atoms with Crippen LogP contribution in [-0.4, -0.2) is 52.0 Å². The Bertz CT molecular complexity index is 685. The van der Waals surface area contributed by atoms with Crippen LogP contribution in [0.15, 0.2) is 23.1 Å². The molecule has 0 bridgehead atoms. The van der Waals surface area contributed by atoms with Gasteiger partial charge in [-0.2, -0.15) is 4.31 Å². The van der Waals surface area contributed by atoms with Crippen molar-refractivity contribution in [1.82, 2.24) is 9.62 Å². The number of nitrogens with zero attached hydrogens (tertiary/aromatic N) is 1. The molecule has 134 valence electrons. The number of hydrogen-bond acceptors (Lipinski definition) is 5. The van der Waals surface area contributed by atoms with E-state index in [0.29, 0.717) is 19.0 Å². The smallest absolute Gasteiger partial charge is 0.339 e. The first-order chi connectivity index (χ1) is 11.4. The number of esters is 1. The average molecular weight is 375 g/mol. The molecule has 0 aliphatic carbocycles. The Hall–Kier alpha value is -1.15. The van der Waals surface area contributed by atoms with Gasteiger partial charge in [0.15, 0.2) is 0 Å². The molecule has 0 spiro atoms. The second-order valence-electron chi connectivity index (χ2n) is 5.79. The first-order valence-corrected chi connectivity index (χ1v) is 9.80. The molecular weight excluding hydrogens is 352 g/mol. The number of methoxy groups -OCH3 is 1. The van der Waals surface area contributed by atoms with Crippen molar-refractivity contribution >= 4 is 27.6 Å². The maximum Gasteiger partial charge on any atom is 0.339 e. The van der Waals surface area contributed by atoms with Crippen LogP contribution in [0.2, 0.25) is 5.02 Å². The Morgan fingerprint density at radius 3 is 2.58 bits per heavy atom. The van der Waals surface area contributed by atoms with Crippen molar-refractivity contribution in [1.29, 1.82) is 0 Å². The number of carbonyl (C=O) groups excluding carboxylic acids is 1. The van der Waals surface area contributed by atoms with Crippen LogP contribution in [0.5, 0.6) is 0 Å². The molecule has 1 N–H and O–H groups in total. The van der Waals surface area contributed by atoms with Gasteiger partial charge in [-0.1, -0.05) is 18.5 Å². The zero-order chi connectivity index (χ0) is 17.7. The number of ether oxygens (including phenoxy) is 1. The molecule has 1 saturated heterocycles. The van der Waals surface area contributed by atoms with Crippen LogP contribution in [0.4, 0.5) is 0 Å². The fourth-order valence-electron chi connectivity index (χ4n) is 2.78. The number of carbonyl (C=O) groups is 1. The molecule has 0 aromatic heterocycles. The predicted octanol–water partition coefficient (Wildman–Crippen LogP) is 2.14. The van der Waals surface area contributed by atoms with Crippen molar-refractivity contribution in [2.45, 2.75) is 24.7 Å². The molecule has 1 aromatic carbocycles. The summed E-state index contributed by atoms with van der Waals surface area (Å²) in [5, 5.41) is 3.38. The largest absolute Gasteiger partial charge is 0.465 e. The minimum absolute atomic E-state index is 0.0740. The summed E-state index contributed by atoms with van der Waals surface area (Å²) in [6.07, 6.45) is 1.67.